The fourth-order valence-electron chi connectivity index (χ4n) is 19.4. The zero-order valence-corrected chi connectivity index (χ0v) is 58.9. The van der Waals surface area contributed by atoms with Crippen LogP contribution in [0.25, 0.3) is 172 Å². The summed E-state index contributed by atoms with van der Waals surface area (Å²) in [6, 6.07) is 116. The summed E-state index contributed by atoms with van der Waals surface area (Å²) < 4.78 is 35.1. The maximum absolute atomic E-state index is 7.12. The maximum Gasteiger partial charge on any atom is 0.629 e. The fourth-order valence-corrected chi connectivity index (χ4v) is 19.4. The van der Waals surface area contributed by atoms with E-state index in [2.05, 4.69) is 351 Å². The van der Waals surface area contributed by atoms with Crippen LogP contribution >= 0.6 is 0 Å². The van der Waals surface area contributed by atoms with E-state index in [1.54, 1.807) is 0 Å². The van der Waals surface area contributed by atoms with Crippen LogP contribution in [0.15, 0.2) is 322 Å². The van der Waals surface area contributed by atoms with Crippen molar-refractivity contribution in [1.82, 2.24) is 42.1 Å². The number of fused-ring (bicyclic) bond motifs is 39. The van der Waals surface area contributed by atoms with Gasteiger partial charge in [-0.3, -0.25) is 0 Å². The molecule has 0 unspecified atom stereocenters. The molecule has 0 fully saturated rings. The minimum absolute atomic E-state index is 0.504. The molecule has 512 valence electrons. The first-order chi connectivity index (χ1) is 55.0. The summed E-state index contributed by atoms with van der Waals surface area (Å²) in [5, 5.41) is 7.19. The zero-order chi connectivity index (χ0) is 71.7. The Balaban J connectivity index is 0.562. The summed E-state index contributed by atoms with van der Waals surface area (Å²) in [4.78, 5) is 23.6. The third-order valence-corrected chi connectivity index (χ3v) is 24.2. The molecule has 0 N–H and O–H groups in total. The summed E-state index contributed by atoms with van der Waals surface area (Å²) in [7, 11) is -1.53. The lowest BCUT2D eigenvalue weighted by atomic mass is 9.87. The molecule has 21 aromatic rings. The predicted molar refractivity (Wildman–Crippen MR) is 448 cm³/mol. The third kappa shape index (κ3) is 7.66. The van der Waals surface area contributed by atoms with Crippen LogP contribution in [0, 0.1) is 0 Å². The zero-order valence-electron chi connectivity index (χ0n) is 58.9. The topological polar surface area (TPSA) is 106 Å². The van der Waals surface area contributed by atoms with Crippen LogP contribution in [0.2, 0.25) is 0 Å². The van der Waals surface area contributed by atoms with Gasteiger partial charge in [0.15, 0.2) is 0 Å². The van der Waals surface area contributed by atoms with Crippen LogP contribution in [-0.2, 0) is 0 Å². The number of hydrogen-bond donors (Lipinski definition) is 0. The van der Waals surface area contributed by atoms with E-state index in [0.717, 1.165) is 202 Å². The van der Waals surface area contributed by atoms with Crippen molar-refractivity contribution in [3.63, 3.8) is 0 Å². The highest BCUT2D eigenvalue weighted by atomic mass is 16.5. The Kier molecular flexibility index (Phi) is 11.0. The molecule has 18 heteroatoms. The quantitative estimate of drug-likeness (QED) is 0.156. The van der Waals surface area contributed by atoms with Crippen LogP contribution in [0.1, 0.15) is 0 Å². The van der Waals surface area contributed by atoms with Gasteiger partial charge in [-0.2, -0.15) is 0 Å². The van der Waals surface area contributed by atoms with Crippen molar-refractivity contribution in [3.8, 4) is 90.7 Å². The number of imidazole rings is 3. The number of para-hydroxylation sites is 10. The highest BCUT2D eigenvalue weighted by molar-refractivity contribution is 6.64. The van der Waals surface area contributed by atoms with Gasteiger partial charge in [0.05, 0.1) is 83.3 Å². The third-order valence-electron chi connectivity index (χ3n) is 24.2. The van der Waals surface area contributed by atoms with E-state index in [1.165, 1.54) is 21.5 Å². The average Bonchev–Trinajstić information content (AvgIpc) is 1.56. The summed E-state index contributed by atoms with van der Waals surface area (Å²) in [6.45, 7) is 0. The van der Waals surface area contributed by atoms with Crippen molar-refractivity contribution in [2.75, 3.05) is 14.4 Å². The Bertz CT molecular complexity index is 7710. The Hall–Kier alpha value is -14.9. The van der Waals surface area contributed by atoms with Gasteiger partial charge in [-0.15, -0.1) is 0 Å². The van der Waals surface area contributed by atoms with Gasteiger partial charge in [0.2, 0.25) is 0 Å². The molecule has 6 aliphatic heterocycles. The van der Waals surface area contributed by atoms with Gasteiger partial charge < -0.3 is 55.5 Å². The average molecular weight is 1420 g/mol. The first-order valence-electron chi connectivity index (χ1n) is 37.7. The molecule has 0 spiro atoms. The van der Waals surface area contributed by atoms with Gasteiger partial charge in [0.1, 0.15) is 34.7 Å². The maximum atomic E-state index is 7.12. The summed E-state index contributed by atoms with van der Waals surface area (Å²) in [5.41, 5.74) is 29.0. The number of nitrogens with zero attached hydrogens (tertiary/aromatic N) is 12. The minimum atomic E-state index is -0.512. The molecule has 0 bridgehead atoms. The molecule has 111 heavy (non-hydrogen) atoms. The second-order valence-corrected chi connectivity index (χ2v) is 29.8. The van der Waals surface area contributed by atoms with Crippen molar-refractivity contribution in [2.45, 2.75) is 0 Å². The van der Waals surface area contributed by atoms with Crippen LogP contribution < -0.4 is 28.4 Å². The molecule has 0 amide bonds. The Labute approximate surface area is 633 Å². The smallest absolute Gasteiger partial charge is 0.521 e. The first-order valence-corrected chi connectivity index (χ1v) is 37.7. The Morgan fingerprint density at radius 2 is 0.604 bits per heavy atom. The molecule has 12 heterocycles. The second-order valence-electron chi connectivity index (χ2n) is 29.8. The molecule has 0 saturated carbocycles. The van der Waals surface area contributed by atoms with E-state index in [0.29, 0.717) is 0 Å². The van der Waals surface area contributed by atoms with E-state index in [4.69, 9.17) is 28.9 Å². The highest BCUT2D eigenvalue weighted by Crippen LogP contribution is 2.55. The number of aromatic nitrogens is 9. The van der Waals surface area contributed by atoms with Gasteiger partial charge in [-0.1, -0.05) is 152 Å². The molecular formula is C93H53B3N12O3. The first kappa shape index (κ1) is 58.3. The molecule has 0 aliphatic carbocycles. The molecule has 6 aromatic heterocycles. The summed E-state index contributed by atoms with van der Waals surface area (Å²) in [5.74, 6) is 5.02. The highest BCUT2D eigenvalue weighted by Gasteiger charge is 2.51. The van der Waals surface area contributed by atoms with E-state index >= 15 is 0 Å². The number of rotatable bonds is 5. The summed E-state index contributed by atoms with van der Waals surface area (Å²) >= 11 is 0. The molecule has 0 atom stereocenters. The van der Waals surface area contributed by atoms with Crippen molar-refractivity contribution in [2.24, 2.45) is 0 Å². The number of anilines is 6. The van der Waals surface area contributed by atoms with Crippen LogP contribution in [0.4, 0.5) is 34.1 Å². The standard InChI is InChI=1S/C93H53B3N12O3/c1-7-23-73-61(17-1)62-18-2-8-24-74(62)101(73)59-38-45-82-72(52-59)99-92-67-40-33-56(49-85(67)105-84-30-14-16-32-89(84)110-96(105)106(82)92)55-36-43-81-71(48-55)98-93-69-51-58(37-44-80(69)103-83-29-13-15-31-88(83)109-94(103)107(81)93)100-77-27-11-5-21-65(77)68-47-54(35-42-78(68)100)57-34-41-70-86(50-57)108-91(97-70)66-22-6-12-28-79(66)104-87-53-60(39-46-90(87)111-95(104)108)102-75-25-9-3-19-63(75)64-20-4-10-26-76(64)102/h1-53H. The largest absolute Gasteiger partial charge is 0.629 e. The van der Waals surface area contributed by atoms with Crippen molar-refractivity contribution in [1.29, 1.82) is 0 Å². The van der Waals surface area contributed by atoms with Gasteiger partial charge in [-0.05, 0) is 192 Å². The molecule has 15 nitrogen and oxygen atoms in total. The SMILES string of the molecule is c1ccc2c(c1)OB1N2c2ccc(-n3c4ccccc4c4cc(-c5ccc6nc7n(c6c5)B5Oc6ccc(-n8c9ccccc9c9ccccc98)cc6N5c5ccccc5-7)ccc43)cc2-c2nc3cc(-c4ccc5c(c4)N4B(Oc6ccccc64)n4c-5nc5cc(-n6c7ccccc7c7ccccc76)ccc54)ccc3n21. The van der Waals surface area contributed by atoms with Crippen LogP contribution in [-0.4, -0.2) is 63.6 Å². The lowest BCUT2D eigenvalue weighted by Gasteiger charge is -2.31. The van der Waals surface area contributed by atoms with Gasteiger partial charge >= 0.3 is 21.6 Å². The minimum Gasteiger partial charge on any atom is -0.521 e. The lowest BCUT2D eigenvalue weighted by molar-refractivity contribution is 0.578. The fraction of sp³-hybridized carbons (Fsp3) is 0. The van der Waals surface area contributed by atoms with Crippen molar-refractivity contribution < 1.29 is 14.0 Å². The molecule has 27 rings (SSSR count). The van der Waals surface area contributed by atoms with Gasteiger partial charge in [0, 0.05) is 83.1 Å². The molecular weight excluding hydrogens is 1370 g/mol. The monoisotopic (exact) mass is 1420 g/mol. The van der Waals surface area contributed by atoms with E-state index in [1.807, 2.05) is 12.1 Å². The van der Waals surface area contributed by atoms with E-state index < -0.39 is 21.6 Å². The van der Waals surface area contributed by atoms with Crippen molar-refractivity contribution >= 4 is 154 Å². The normalized spacial score (nSPS) is 13.9. The molecule has 15 aromatic carbocycles. The number of benzene rings is 15. The van der Waals surface area contributed by atoms with E-state index in [-0.39, 0.29) is 0 Å². The number of hydrogen-bond acceptors (Lipinski definition) is 9. The Morgan fingerprint density at radius 3 is 1.23 bits per heavy atom. The Morgan fingerprint density at radius 1 is 0.216 bits per heavy atom. The van der Waals surface area contributed by atoms with Crippen LogP contribution in [0.5, 0.6) is 17.2 Å². The second kappa shape index (κ2) is 21.0. The van der Waals surface area contributed by atoms with Crippen molar-refractivity contribution in [3.05, 3.63) is 322 Å². The lowest BCUT2D eigenvalue weighted by Crippen LogP contribution is -2.46. The molecule has 0 radical (unpaired) electrons. The van der Waals surface area contributed by atoms with E-state index in [9.17, 15) is 0 Å². The predicted octanol–water partition coefficient (Wildman–Crippen LogP) is 21.5. The molecule has 0 saturated heterocycles. The van der Waals surface area contributed by atoms with Crippen LogP contribution in [0.3, 0.4) is 0 Å². The van der Waals surface area contributed by atoms with Gasteiger partial charge in [0.25, 0.3) is 0 Å². The van der Waals surface area contributed by atoms with Gasteiger partial charge in [-0.25, -0.2) is 15.0 Å². The summed E-state index contributed by atoms with van der Waals surface area (Å²) in [6.07, 6.45) is 0. The molecule has 6 aliphatic rings.